The molecule has 4 rings (SSSR count). The van der Waals surface area contributed by atoms with Crippen molar-refractivity contribution < 1.29 is 9.90 Å². The lowest BCUT2D eigenvalue weighted by Crippen LogP contribution is -2.13. The van der Waals surface area contributed by atoms with E-state index in [4.69, 9.17) is 11.6 Å². The molecule has 0 spiro atoms. The van der Waals surface area contributed by atoms with Crippen molar-refractivity contribution in [2.75, 3.05) is 5.32 Å². The molecule has 0 heterocycles. The molecule has 4 aromatic rings. The van der Waals surface area contributed by atoms with Crippen LogP contribution in [0.2, 0.25) is 5.02 Å². The van der Waals surface area contributed by atoms with Gasteiger partial charge in [-0.1, -0.05) is 59.6 Å². The molecule has 154 valence electrons. The summed E-state index contributed by atoms with van der Waals surface area (Å²) in [7, 11) is 0. The van der Waals surface area contributed by atoms with E-state index in [1.165, 1.54) is 0 Å². The van der Waals surface area contributed by atoms with Crippen LogP contribution in [0.1, 0.15) is 21.5 Å². The summed E-state index contributed by atoms with van der Waals surface area (Å²) in [4.78, 5) is 13.0. The molecule has 0 fully saturated rings. The molecule has 0 aliphatic rings. The maximum Gasteiger partial charge on any atom is 0.259 e. The van der Waals surface area contributed by atoms with Crippen LogP contribution in [0.4, 0.5) is 17.1 Å². The van der Waals surface area contributed by atoms with Gasteiger partial charge in [0.05, 0.1) is 11.3 Å². The van der Waals surface area contributed by atoms with E-state index in [1.807, 2.05) is 56.3 Å². The number of nitrogens with one attached hydrogen (secondary N) is 1. The highest BCUT2D eigenvalue weighted by atomic mass is 35.5. The first kappa shape index (κ1) is 20.6. The number of carbonyl (C=O) groups excluding carboxylic acids is 1. The van der Waals surface area contributed by atoms with Crippen molar-refractivity contribution in [1.82, 2.24) is 0 Å². The van der Waals surface area contributed by atoms with E-state index in [2.05, 4.69) is 15.5 Å². The lowest BCUT2D eigenvalue weighted by molar-refractivity contribution is 0.102. The van der Waals surface area contributed by atoms with Crippen molar-refractivity contribution in [3.63, 3.8) is 0 Å². The van der Waals surface area contributed by atoms with Gasteiger partial charge in [0.25, 0.3) is 5.91 Å². The highest BCUT2D eigenvalue weighted by Crippen LogP contribution is 2.40. The summed E-state index contributed by atoms with van der Waals surface area (Å²) in [6, 6.07) is 21.8. The maximum atomic E-state index is 13.0. The van der Waals surface area contributed by atoms with Crippen LogP contribution in [0.15, 0.2) is 83.0 Å². The molecule has 6 heteroatoms. The minimum absolute atomic E-state index is 0.126. The normalized spacial score (nSPS) is 11.2. The van der Waals surface area contributed by atoms with Crippen LogP contribution in [-0.2, 0) is 0 Å². The third-order valence-corrected chi connectivity index (χ3v) is 5.19. The van der Waals surface area contributed by atoms with Crippen LogP contribution >= 0.6 is 11.6 Å². The summed E-state index contributed by atoms with van der Waals surface area (Å²) >= 11 is 6.02. The summed E-state index contributed by atoms with van der Waals surface area (Å²) in [5, 5.41) is 24.3. The van der Waals surface area contributed by atoms with E-state index in [9.17, 15) is 9.90 Å². The fourth-order valence-electron chi connectivity index (χ4n) is 3.32. The van der Waals surface area contributed by atoms with Crippen molar-refractivity contribution in [2.24, 2.45) is 10.2 Å². The molecule has 0 radical (unpaired) electrons. The highest BCUT2D eigenvalue weighted by molar-refractivity contribution is 6.30. The van der Waals surface area contributed by atoms with Gasteiger partial charge in [-0.2, -0.15) is 5.11 Å². The van der Waals surface area contributed by atoms with Crippen molar-refractivity contribution in [3.8, 4) is 5.75 Å². The molecule has 0 saturated heterocycles. The predicted octanol–water partition coefficient (Wildman–Crippen LogP) is 7.48. The Morgan fingerprint density at radius 3 is 2.52 bits per heavy atom. The molecule has 4 aromatic carbocycles. The van der Waals surface area contributed by atoms with Gasteiger partial charge in [-0.15, -0.1) is 5.11 Å². The van der Waals surface area contributed by atoms with E-state index in [0.29, 0.717) is 21.8 Å². The second-order valence-electron chi connectivity index (χ2n) is 7.29. The molecule has 5 nitrogen and oxygen atoms in total. The number of hydrogen-bond acceptors (Lipinski definition) is 4. The summed E-state index contributed by atoms with van der Waals surface area (Å²) < 4.78 is 0. The average molecular weight is 430 g/mol. The monoisotopic (exact) mass is 429 g/mol. The minimum Gasteiger partial charge on any atom is -0.505 e. The Labute approximate surface area is 185 Å². The van der Waals surface area contributed by atoms with E-state index in [1.54, 1.807) is 30.3 Å². The van der Waals surface area contributed by atoms with Gasteiger partial charge in [-0.3, -0.25) is 4.79 Å². The smallest absolute Gasteiger partial charge is 0.259 e. The number of phenolic OH excluding ortho intramolecular Hbond substituents is 1. The fourth-order valence-corrected chi connectivity index (χ4v) is 3.50. The SMILES string of the molecule is Cc1ccc2c(N=Nc3cccc(Cl)c3)c(O)c(C(=O)Nc3ccccc3C)cc2c1. The molecule has 0 saturated carbocycles. The number of hydrogen-bond donors (Lipinski definition) is 2. The largest absolute Gasteiger partial charge is 0.505 e. The fraction of sp³-hybridized carbons (Fsp3) is 0.0800. The second-order valence-corrected chi connectivity index (χ2v) is 7.73. The van der Waals surface area contributed by atoms with E-state index >= 15 is 0 Å². The van der Waals surface area contributed by atoms with Crippen molar-refractivity contribution >= 4 is 45.3 Å². The van der Waals surface area contributed by atoms with Gasteiger partial charge in [0.15, 0.2) is 5.75 Å². The van der Waals surface area contributed by atoms with Crippen LogP contribution < -0.4 is 5.32 Å². The Morgan fingerprint density at radius 2 is 1.74 bits per heavy atom. The van der Waals surface area contributed by atoms with E-state index in [0.717, 1.165) is 16.5 Å². The quantitative estimate of drug-likeness (QED) is 0.330. The lowest BCUT2D eigenvalue weighted by atomic mass is 10.0. The number of benzene rings is 4. The number of phenols is 1. The summed E-state index contributed by atoms with van der Waals surface area (Å²) in [5.41, 5.74) is 3.53. The third-order valence-electron chi connectivity index (χ3n) is 4.95. The standard InChI is InChI=1S/C25H20ClN3O2/c1-15-10-11-20-17(12-15)13-21(25(31)27-22-9-4-3-6-16(22)2)24(30)23(20)29-28-19-8-5-7-18(26)14-19/h3-14,30H,1-2H3,(H,27,31). The zero-order valence-corrected chi connectivity index (χ0v) is 17.8. The summed E-state index contributed by atoms with van der Waals surface area (Å²) in [6.45, 7) is 3.87. The molecule has 1 amide bonds. The number of nitrogens with zero attached hydrogens (tertiary/aromatic N) is 2. The van der Waals surface area contributed by atoms with Crippen LogP contribution in [0.5, 0.6) is 5.75 Å². The number of aromatic hydroxyl groups is 1. The number of fused-ring (bicyclic) bond motifs is 1. The van der Waals surface area contributed by atoms with Gasteiger partial charge >= 0.3 is 0 Å². The number of para-hydroxylation sites is 1. The number of azo groups is 1. The van der Waals surface area contributed by atoms with Gasteiger partial charge < -0.3 is 10.4 Å². The molecule has 0 aliphatic heterocycles. The second kappa shape index (κ2) is 8.58. The third kappa shape index (κ3) is 4.42. The molecule has 0 aliphatic carbocycles. The Kier molecular flexibility index (Phi) is 5.69. The Morgan fingerprint density at radius 1 is 0.935 bits per heavy atom. The number of halogens is 1. The number of carbonyl (C=O) groups is 1. The predicted molar refractivity (Wildman–Crippen MR) is 125 cm³/mol. The molecule has 31 heavy (non-hydrogen) atoms. The van der Waals surface area contributed by atoms with Crippen LogP contribution in [0.3, 0.4) is 0 Å². The zero-order chi connectivity index (χ0) is 22.0. The topological polar surface area (TPSA) is 74.0 Å². The van der Waals surface area contributed by atoms with Crippen molar-refractivity contribution in [2.45, 2.75) is 13.8 Å². The minimum atomic E-state index is -0.422. The summed E-state index contributed by atoms with van der Waals surface area (Å²) in [6.07, 6.45) is 0. The first-order chi connectivity index (χ1) is 14.9. The van der Waals surface area contributed by atoms with Crippen LogP contribution in [-0.4, -0.2) is 11.0 Å². The number of aryl methyl sites for hydroxylation is 2. The zero-order valence-electron chi connectivity index (χ0n) is 17.1. The van der Waals surface area contributed by atoms with Gasteiger partial charge in [0.2, 0.25) is 0 Å². The Bertz CT molecular complexity index is 1330. The molecule has 0 aromatic heterocycles. The molecule has 0 unspecified atom stereocenters. The van der Waals surface area contributed by atoms with Crippen molar-refractivity contribution in [3.05, 3.63) is 94.5 Å². The number of amides is 1. The van der Waals surface area contributed by atoms with Gasteiger partial charge in [0.1, 0.15) is 5.69 Å². The van der Waals surface area contributed by atoms with Crippen LogP contribution in [0.25, 0.3) is 10.8 Å². The average Bonchev–Trinajstić information content (AvgIpc) is 2.74. The van der Waals surface area contributed by atoms with Crippen LogP contribution in [0, 0.1) is 13.8 Å². The lowest BCUT2D eigenvalue weighted by Gasteiger charge is -2.12. The molecule has 2 N–H and O–H groups in total. The molecule has 0 bridgehead atoms. The molecular formula is C25H20ClN3O2. The van der Waals surface area contributed by atoms with E-state index in [-0.39, 0.29) is 17.0 Å². The molecular weight excluding hydrogens is 410 g/mol. The van der Waals surface area contributed by atoms with E-state index < -0.39 is 5.91 Å². The van der Waals surface area contributed by atoms with Gasteiger partial charge in [0, 0.05) is 16.1 Å². The Hall–Kier alpha value is -3.70. The molecule has 0 atom stereocenters. The first-order valence-corrected chi connectivity index (χ1v) is 10.1. The number of rotatable bonds is 4. The highest BCUT2D eigenvalue weighted by Gasteiger charge is 2.19. The maximum absolute atomic E-state index is 13.0. The number of anilines is 1. The van der Waals surface area contributed by atoms with Gasteiger partial charge in [-0.05, 0) is 55.1 Å². The summed E-state index contributed by atoms with van der Waals surface area (Å²) in [5.74, 6) is -0.650. The van der Waals surface area contributed by atoms with Crippen molar-refractivity contribution in [1.29, 1.82) is 0 Å². The Balaban J connectivity index is 1.82. The first-order valence-electron chi connectivity index (χ1n) is 9.73. The van der Waals surface area contributed by atoms with Gasteiger partial charge in [-0.25, -0.2) is 0 Å².